The molecule has 3 nitrogen and oxygen atoms in total. The Bertz CT molecular complexity index is 146. The Morgan fingerprint density at radius 3 is 2.67 bits per heavy atom. The Kier molecular flexibility index (Phi) is 1.24. The first-order valence-corrected chi connectivity index (χ1v) is 3.04. The summed E-state index contributed by atoms with van der Waals surface area (Å²) in [6.45, 7) is 2.25. The van der Waals surface area contributed by atoms with E-state index < -0.39 is 11.4 Å². The minimum absolute atomic E-state index is 0.218. The summed E-state index contributed by atoms with van der Waals surface area (Å²) in [4.78, 5) is 10.4. The first kappa shape index (κ1) is 6.55. The van der Waals surface area contributed by atoms with Gasteiger partial charge in [-0.05, 0) is 25.8 Å². The molecule has 0 radical (unpaired) electrons. The van der Waals surface area contributed by atoms with Crippen molar-refractivity contribution in [3.05, 3.63) is 0 Å². The summed E-state index contributed by atoms with van der Waals surface area (Å²) >= 11 is 0. The fourth-order valence-corrected chi connectivity index (χ4v) is 1.06. The van der Waals surface area contributed by atoms with Gasteiger partial charge in [0.25, 0.3) is 0 Å². The highest BCUT2D eigenvalue weighted by Gasteiger charge is 2.55. The lowest BCUT2D eigenvalue weighted by molar-refractivity contribution is -0.143. The highest BCUT2D eigenvalue weighted by atomic mass is 16.4. The van der Waals surface area contributed by atoms with Crippen molar-refractivity contribution in [1.82, 2.24) is 0 Å². The average Bonchev–Trinajstić information content (AvgIpc) is 2.44. The van der Waals surface area contributed by atoms with Gasteiger partial charge in [0.2, 0.25) is 0 Å². The monoisotopic (exact) mass is 129 g/mol. The van der Waals surface area contributed by atoms with Crippen molar-refractivity contribution in [2.75, 3.05) is 6.54 Å². The molecule has 2 atom stereocenters. The van der Waals surface area contributed by atoms with E-state index in [0.717, 1.165) is 6.42 Å². The summed E-state index contributed by atoms with van der Waals surface area (Å²) < 4.78 is 0. The standard InChI is InChI=1S/C6H11NO2/c1-6(5(8)9)2-4(6)3-7/h4H,2-3,7H2,1H3,(H,8,9). The Hall–Kier alpha value is -0.570. The largest absolute Gasteiger partial charge is 0.481 e. The molecule has 0 bridgehead atoms. The zero-order valence-electron chi connectivity index (χ0n) is 5.42. The molecule has 0 aromatic rings. The van der Waals surface area contributed by atoms with Crippen LogP contribution in [0.2, 0.25) is 0 Å². The fraction of sp³-hybridized carbons (Fsp3) is 0.833. The van der Waals surface area contributed by atoms with Gasteiger partial charge < -0.3 is 10.8 Å². The predicted octanol–water partition coefficient (Wildman–Crippen LogP) is 0.0559. The molecule has 3 N–H and O–H groups in total. The quantitative estimate of drug-likeness (QED) is 0.554. The van der Waals surface area contributed by atoms with Crippen molar-refractivity contribution < 1.29 is 9.90 Å². The van der Waals surface area contributed by atoms with E-state index in [2.05, 4.69) is 0 Å². The molecule has 0 amide bonds. The van der Waals surface area contributed by atoms with Crippen LogP contribution in [-0.4, -0.2) is 17.6 Å². The van der Waals surface area contributed by atoms with Gasteiger partial charge in [0.1, 0.15) is 0 Å². The summed E-state index contributed by atoms with van der Waals surface area (Å²) in [5.41, 5.74) is 4.79. The third-order valence-corrected chi connectivity index (χ3v) is 2.18. The van der Waals surface area contributed by atoms with Crippen LogP contribution in [0.5, 0.6) is 0 Å². The second-order valence-corrected chi connectivity index (χ2v) is 2.86. The van der Waals surface area contributed by atoms with Gasteiger partial charge in [-0.2, -0.15) is 0 Å². The summed E-state index contributed by atoms with van der Waals surface area (Å²) in [6, 6.07) is 0. The smallest absolute Gasteiger partial charge is 0.309 e. The topological polar surface area (TPSA) is 63.3 Å². The molecule has 52 valence electrons. The van der Waals surface area contributed by atoms with Gasteiger partial charge in [-0.1, -0.05) is 0 Å². The Morgan fingerprint density at radius 1 is 2.00 bits per heavy atom. The summed E-state index contributed by atoms with van der Waals surface area (Å²) in [5, 5.41) is 8.56. The van der Waals surface area contributed by atoms with E-state index in [0.29, 0.717) is 6.54 Å². The van der Waals surface area contributed by atoms with E-state index in [-0.39, 0.29) is 5.92 Å². The number of carboxylic acids is 1. The minimum Gasteiger partial charge on any atom is -0.481 e. The van der Waals surface area contributed by atoms with Crippen molar-refractivity contribution in [2.45, 2.75) is 13.3 Å². The third kappa shape index (κ3) is 0.812. The molecule has 0 spiro atoms. The maximum absolute atomic E-state index is 10.4. The van der Waals surface area contributed by atoms with Crippen LogP contribution in [0.1, 0.15) is 13.3 Å². The van der Waals surface area contributed by atoms with Crippen LogP contribution in [0.15, 0.2) is 0 Å². The van der Waals surface area contributed by atoms with Gasteiger partial charge in [0.15, 0.2) is 0 Å². The van der Waals surface area contributed by atoms with Gasteiger partial charge in [0.05, 0.1) is 5.41 Å². The van der Waals surface area contributed by atoms with Crippen LogP contribution in [-0.2, 0) is 4.79 Å². The van der Waals surface area contributed by atoms with Crippen LogP contribution in [0.3, 0.4) is 0 Å². The number of aliphatic carboxylic acids is 1. The van der Waals surface area contributed by atoms with Gasteiger partial charge >= 0.3 is 5.97 Å². The highest BCUT2D eigenvalue weighted by Crippen LogP contribution is 2.51. The summed E-state index contributed by atoms with van der Waals surface area (Å²) in [5.74, 6) is -0.493. The maximum atomic E-state index is 10.4. The third-order valence-electron chi connectivity index (χ3n) is 2.18. The van der Waals surface area contributed by atoms with Crippen molar-refractivity contribution in [1.29, 1.82) is 0 Å². The summed E-state index contributed by atoms with van der Waals surface area (Å²) in [6.07, 6.45) is 0.749. The fourth-order valence-electron chi connectivity index (χ4n) is 1.06. The molecule has 0 aromatic heterocycles. The van der Waals surface area contributed by atoms with Crippen LogP contribution in [0, 0.1) is 11.3 Å². The molecule has 1 saturated carbocycles. The van der Waals surface area contributed by atoms with Crippen molar-refractivity contribution in [2.24, 2.45) is 17.1 Å². The Labute approximate surface area is 53.9 Å². The van der Waals surface area contributed by atoms with Crippen LogP contribution in [0.25, 0.3) is 0 Å². The molecule has 0 saturated heterocycles. The Balaban J connectivity index is 2.52. The molecule has 0 aromatic carbocycles. The second kappa shape index (κ2) is 1.70. The van der Waals surface area contributed by atoms with Crippen LogP contribution in [0.4, 0.5) is 0 Å². The molecule has 1 rings (SSSR count). The van der Waals surface area contributed by atoms with E-state index >= 15 is 0 Å². The van der Waals surface area contributed by atoms with Crippen LogP contribution < -0.4 is 5.73 Å². The zero-order chi connectivity index (χ0) is 7.07. The molecule has 3 heteroatoms. The lowest BCUT2D eigenvalue weighted by Crippen LogP contribution is -2.16. The molecular weight excluding hydrogens is 118 g/mol. The van der Waals surface area contributed by atoms with E-state index in [1.54, 1.807) is 6.92 Å². The molecule has 2 unspecified atom stereocenters. The average molecular weight is 129 g/mol. The molecule has 9 heavy (non-hydrogen) atoms. The van der Waals surface area contributed by atoms with Crippen molar-refractivity contribution in [3.63, 3.8) is 0 Å². The molecule has 0 aliphatic heterocycles. The molecule has 1 fully saturated rings. The Morgan fingerprint density at radius 2 is 2.56 bits per heavy atom. The van der Waals surface area contributed by atoms with Crippen molar-refractivity contribution >= 4 is 5.97 Å². The number of hydrogen-bond acceptors (Lipinski definition) is 2. The number of carboxylic acid groups (broad SMARTS) is 1. The maximum Gasteiger partial charge on any atom is 0.309 e. The normalized spacial score (nSPS) is 40.4. The molecule has 1 aliphatic rings. The first-order chi connectivity index (χ1) is 4.11. The number of carbonyl (C=O) groups is 1. The van der Waals surface area contributed by atoms with Gasteiger partial charge in [-0.15, -0.1) is 0 Å². The van der Waals surface area contributed by atoms with E-state index in [4.69, 9.17) is 10.8 Å². The van der Waals surface area contributed by atoms with Gasteiger partial charge in [-0.3, -0.25) is 4.79 Å². The molecule has 1 aliphatic carbocycles. The van der Waals surface area contributed by atoms with E-state index in [1.807, 2.05) is 0 Å². The summed E-state index contributed by atoms with van der Waals surface area (Å²) in [7, 11) is 0. The number of nitrogens with two attached hydrogens (primary N) is 1. The zero-order valence-corrected chi connectivity index (χ0v) is 5.42. The molecule has 0 heterocycles. The second-order valence-electron chi connectivity index (χ2n) is 2.86. The number of rotatable bonds is 2. The molecular formula is C6H11NO2. The van der Waals surface area contributed by atoms with Gasteiger partial charge in [0, 0.05) is 0 Å². The highest BCUT2D eigenvalue weighted by molar-refractivity contribution is 5.78. The van der Waals surface area contributed by atoms with Crippen LogP contribution >= 0.6 is 0 Å². The van der Waals surface area contributed by atoms with E-state index in [1.165, 1.54) is 0 Å². The predicted molar refractivity (Wildman–Crippen MR) is 32.9 cm³/mol. The SMILES string of the molecule is CC1(C(=O)O)CC1CN. The minimum atomic E-state index is -0.710. The number of hydrogen-bond donors (Lipinski definition) is 2. The lowest BCUT2D eigenvalue weighted by Gasteiger charge is -2.00. The van der Waals surface area contributed by atoms with Crippen molar-refractivity contribution in [3.8, 4) is 0 Å². The van der Waals surface area contributed by atoms with Gasteiger partial charge in [-0.25, -0.2) is 0 Å². The lowest BCUT2D eigenvalue weighted by atomic mass is 10.1. The van der Waals surface area contributed by atoms with E-state index in [9.17, 15) is 4.79 Å². The first-order valence-electron chi connectivity index (χ1n) is 3.04.